The molecule has 3 heteroatoms. The van der Waals surface area contributed by atoms with Gasteiger partial charge in [-0.25, -0.2) is 4.39 Å². The molecule has 0 amide bonds. The fourth-order valence-electron chi connectivity index (χ4n) is 2.55. The highest BCUT2D eigenvalue weighted by Crippen LogP contribution is 2.31. The largest absolute Gasteiger partial charge is 0.381 e. The van der Waals surface area contributed by atoms with Gasteiger partial charge in [-0.2, -0.15) is 0 Å². The molecule has 1 unspecified atom stereocenters. The molecule has 0 radical (unpaired) electrons. The van der Waals surface area contributed by atoms with E-state index in [2.05, 4.69) is 12.2 Å². The topological polar surface area (TPSA) is 29.1 Å². The van der Waals surface area contributed by atoms with Crippen LogP contribution in [0.25, 0.3) is 0 Å². The maximum atomic E-state index is 13.7. The maximum absolute atomic E-state index is 13.7. The Hall–Kier alpha value is -2.16. The quantitative estimate of drug-likeness (QED) is 0.833. The first-order chi connectivity index (χ1) is 9.16. The molecule has 0 fully saturated rings. The Morgan fingerprint density at radius 3 is 2.68 bits per heavy atom. The van der Waals surface area contributed by atoms with Crippen molar-refractivity contribution in [2.24, 2.45) is 0 Å². The van der Waals surface area contributed by atoms with Crippen molar-refractivity contribution in [3.05, 3.63) is 65.0 Å². The summed E-state index contributed by atoms with van der Waals surface area (Å²) in [7, 11) is 0. The zero-order valence-electron chi connectivity index (χ0n) is 10.6. The molecule has 0 saturated carbocycles. The monoisotopic (exact) mass is 255 g/mol. The molecule has 0 spiro atoms. The maximum Gasteiger partial charge on any atom is 0.198 e. The third-order valence-electron chi connectivity index (χ3n) is 3.43. The van der Waals surface area contributed by atoms with Crippen molar-refractivity contribution >= 4 is 11.5 Å². The van der Waals surface area contributed by atoms with Crippen LogP contribution in [-0.4, -0.2) is 11.8 Å². The number of hydrogen-bond donors (Lipinski definition) is 1. The number of hydrogen-bond acceptors (Lipinski definition) is 2. The molecule has 2 nitrogen and oxygen atoms in total. The molecule has 19 heavy (non-hydrogen) atoms. The van der Waals surface area contributed by atoms with E-state index in [0.717, 1.165) is 17.7 Å². The Balaban J connectivity index is 2.07. The van der Waals surface area contributed by atoms with Gasteiger partial charge in [-0.15, -0.1) is 0 Å². The highest BCUT2D eigenvalue weighted by Gasteiger charge is 2.24. The second-order valence-electron chi connectivity index (χ2n) is 4.90. The number of nitrogens with one attached hydrogen (secondary N) is 1. The summed E-state index contributed by atoms with van der Waals surface area (Å²) in [5.74, 6) is -0.743. The van der Waals surface area contributed by atoms with Crippen molar-refractivity contribution in [1.29, 1.82) is 0 Å². The van der Waals surface area contributed by atoms with E-state index in [1.807, 2.05) is 12.1 Å². The van der Waals surface area contributed by atoms with Crippen molar-refractivity contribution in [3.63, 3.8) is 0 Å². The van der Waals surface area contributed by atoms with Crippen LogP contribution in [0.15, 0.2) is 42.5 Å². The van der Waals surface area contributed by atoms with Gasteiger partial charge in [0.05, 0.1) is 5.56 Å². The van der Waals surface area contributed by atoms with E-state index in [-0.39, 0.29) is 11.3 Å². The predicted molar refractivity (Wildman–Crippen MR) is 73.1 cm³/mol. The fraction of sp³-hybridized carbons (Fsp3) is 0.188. The van der Waals surface area contributed by atoms with Crippen LogP contribution in [-0.2, 0) is 6.42 Å². The van der Waals surface area contributed by atoms with Crippen LogP contribution in [0.3, 0.4) is 0 Å². The molecule has 1 aliphatic heterocycles. The molecule has 1 N–H and O–H groups in total. The lowest BCUT2D eigenvalue weighted by Crippen LogP contribution is -2.11. The molecule has 0 saturated heterocycles. The minimum absolute atomic E-state index is 0.122. The van der Waals surface area contributed by atoms with E-state index in [4.69, 9.17) is 0 Å². The Bertz CT molecular complexity index is 651. The van der Waals surface area contributed by atoms with E-state index < -0.39 is 5.82 Å². The first kappa shape index (κ1) is 11.9. The van der Waals surface area contributed by atoms with Crippen LogP contribution >= 0.6 is 0 Å². The van der Waals surface area contributed by atoms with Crippen molar-refractivity contribution in [2.45, 2.75) is 19.4 Å². The van der Waals surface area contributed by atoms with E-state index in [1.165, 1.54) is 12.1 Å². The highest BCUT2D eigenvalue weighted by molar-refractivity contribution is 6.13. The molecule has 0 bridgehead atoms. The molecular weight excluding hydrogens is 241 g/mol. The Labute approximate surface area is 111 Å². The normalized spacial score (nSPS) is 16.8. The molecule has 1 heterocycles. The predicted octanol–water partition coefficient (Wildman–Crippen LogP) is 3.41. The molecule has 3 rings (SSSR count). The van der Waals surface area contributed by atoms with Gasteiger partial charge in [-0.3, -0.25) is 4.79 Å². The summed E-state index contributed by atoms with van der Waals surface area (Å²) in [5.41, 5.74) is 2.64. The lowest BCUT2D eigenvalue weighted by molar-refractivity contribution is 0.103. The minimum atomic E-state index is -0.476. The van der Waals surface area contributed by atoms with Gasteiger partial charge in [0, 0.05) is 17.3 Å². The van der Waals surface area contributed by atoms with E-state index in [0.29, 0.717) is 11.6 Å². The SMILES string of the molecule is CC1Cc2cccc(C(=O)c3ccccc3F)c2N1. The molecule has 96 valence electrons. The number of rotatable bonds is 2. The van der Waals surface area contributed by atoms with Crippen molar-refractivity contribution in [2.75, 3.05) is 5.32 Å². The number of carbonyl (C=O) groups is 1. The van der Waals surface area contributed by atoms with Crippen LogP contribution < -0.4 is 5.32 Å². The van der Waals surface area contributed by atoms with Gasteiger partial charge in [0.2, 0.25) is 0 Å². The highest BCUT2D eigenvalue weighted by atomic mass is 19.1. The van der Waals surface area contributed by atoms with Crippen LogP contribution in [0.4, 0.5) is 10.1 Å². The number of carbonyl (C=O) groups excluding carboxylic acids is 1. The molecule has 1 aliphatic rings. The Kier molecular flexibility index (Phi) is 2.82. The molecule has 1 atom stereocenters. The van der Waals surface area contributed by atoms with Crippen molar-refractivity contribution in [3.8, 4) is 0 Å². The number of halogens is 1. The summed E-state index contributed by atoms with van der Waals surface area (Å²) < 4.78 is 13.7. The summed E-state index contributed by atoms with van der Waals surface area (Å²) in [4.78, 5) is 12.5. The first-order valence-electron chi connectivity index (χ1n) is 6.34. The summed E-state index contributed by atoms with van der Waals surface area (Å²) in [6.45, 7) is 2.07. The standard InChI is InChI=1S/C16H14FNO/c1-10-9-11-5-4-7-13(15(11)18-10)16(19)12-6-2-3-8-14(12)17/h2-8,10,18H,9H2,1H3. The Morgan fingerprint density at radius 1 is 1.16 bits per heavy atom. The van der Waals surface area contributed by atoms with E-state index >= 15 is 0 Å². The number of ketones is 1. The lowest BCUT2D eigenvalue weighted by atomic mass is 9.99. The van der Waals surface area contributed by atoms with Crippen LogP contribution in [0.2, 0.25) is 0 Å². The van der Waals surface area contributed by atoms with E-state index in [1.54, 1.807) is 18.2 Å². The average molecular weight is 255 g/mol. The molecule has 2 aromatic carbocycles. The van der Waals surface area contributed by atoms with Gasteiger partial charge >= 0.3 is 0 Å². The summed E-state index contributed by atoms with van der Waals surface area (Å²) in [6, 6.07) is 12.0. The number of benzene rings is 2. The minimum Gasteiger partial charge on any atom is -0.381 e. The summed E-state index contributed by atoms with van der Waals surface area (Å²) in [6.07, 6.45) is 0.897. The zero-order valence-corrected chi connectivity index (χ0v) is 10.6. The molecule has 2 aromatic rings. The second-order valence-corrected chi connectivity index (χ2v) is 4.90. The van der Waals surface area contributed by atoms with Gasteiger partial charge < -0.3 is 5.32 Å². The lowest BCUT2D eigenvalue weighted by Gasteiger charge is -2.09. The number of fused-ring (bicyclic) bond motifs is 1. The van der Waals surface area contributed by atoms with Gasteiger partial charge in [-0.05, 0) is 37.1 Å². The number of para-hydroxylation sites is 1. The molecule has 0 aromatic heterocycles. The zero-order chi connectivity index (χ0) is 13.4. The second kappa shape index (κ2) is 4.50. The third kappa shape index (κ3) is 2.01. The fourth-order valence-corrected chi connectivity index (χ4v) is 2.55. The molecule has 0 aliphatic carbocycles. The summed E-state index contributed by atoms with van der Waals surface area (Å²) in [5, 5.41) is 3.29. The van der Waals surface area contributed by atoms with Gasteiger partial charge in [0.15, 0.2) is 5.78 Å². The Morgan fingerprint density at radius 2 is 1.89 bits per heavy atom. The first-order valence-corrected chi connectivity index (χ1v) is 6.34. The van der Waals surface area contributed by atoms with Gasteiger partial charge in [-0.1, -0.05) is 24.3 Å². The van der Waals surface area contributed by atoms with Crippen molar-refractivity contribution < 1.29 is 9.18 Å². The van der Waals surface area contributed by atoms with Crippen LogP contribution in [0.1, 0.15) is 28.4 Å². The van der Waals surface area contributed by atoms with Crippen molar-refractivity contribution in [1.82, 2.24) is 0 Å². The summed E-state index contributed by atoms with van der Waals surface area (Å²) >= 11 is 0. The number of anilines is 1. The molecular formula is C16H14FNO. The smallest absolute Gasteiger partial charge is 0.198 e. The third-order valence-corrected chi connectivity index (χ3v) is 3.43. The van der Waals surface area contributed by atoms with E-state index in [9.17, 15) is 9.18 Å². The van der Waals surface area contributed by atoms with Gasteiger partial charge in [0.1, 0.15) is 5.82 Å². The van der Waals surface area contributed by atoms with Crippen LogP contribution in [0, 0.1) is 5.82 Å². The van der Waals surface area contributed by atoms with Crippen LogP contribution in [0.5, 0.6) is 0 Å². The van der Waals surface area contributed by atoms with Gasteiger partial charge in [0.25, 0.3) is 0 Å². The average Bonchev–Trinajstić information content (AvgIpc) is 2.78.